The number of alkyl halides is 3. The van der Waals surface area contributed by atoms with E-state index in [4.69, 9.17) is 182 Å². The molecule has 8 aliphatic heterocycles. The highest BCUT2D eigenvalue weighted by Crippen LogP contribution is 2.44. The third-order valence-corrected chi connectivity index (χ3v) is 27.2. The van der Waals surface area contributed by atoms with E-state index in [9.17, 15) is 38.4 Å². The van der Waals surface area contributed by atoms with Crippen molar-refractivity contribution in [3.8, 4) is 0 Å². The largest absolute Gasteiger partial charge is 0.464 e. The van der Waals surface area contributed by atoms with Gasteiger partial charge in [0.2, 0.25) is 3.79 Å². The van der Waals surface area contributed by atoms with Gasteiger partial charge in [0, 0.05) is 0 Å². The Morgan fingerprint density at radius 3 is 0.327 bits per heavy atom. The average Bonchev–Trinajstić information content (AvgIpc) is 0.814. The van der Waals surface area contributed by atoms with Crippen molar-refractivity contribution in [1.29, 1.82) is 0 Å². The highest BCUT2D eigenvalue weighted by molar-refractivity contribution is 6.67. The van der Waals surface area contributed by atoms with Gasteiger partial charge in [-0.05, 0) is 215 Å². The summed E-state index contributed by atoms with van der Waals surface area (Å²) in [6, 6.07) is 0. The van der Waals surface area contributed by atoms with Crippen LogP contribution in [-0.2, 0) is 219 Å². The third-order valence-electron chi connectivity index (χ3n) is 26.9. The van der Waals surface area contributed by atoms with Crippen molar-refractivity contribution in [2.45, 2.75) is 265 Å². The second-order valence-electron chi connectivity index (χ2n) is 48.5. The maximum absolute atomic E-state index is 15.9. The molecule has 0 bridgehead atoms. The Balaban J connectivity index is 1.20. The minimum Gasteiger partial charge on any atom is -0.464 e. The fraction of sp³-hybridized carbons (Fsp3) is 0.851. The van der Waals surface area contributed by atoms with Crippen molar-refractivity contribution in [3.63, 3.8) is 0 Å². The molecule has 49 heteroatoms. The van der Waals surface area contributed by atoms with Crippen LogP contribution in [-0.4, -0.2) is 344 Å². The van der Waals surface area contributed by atoms with Crippen LogP contribution in [0.15, 0.2) is 0 Å². The van der Waals surface area contributed by atoms with Crippen molar-refractivity contribution in [3.05, 3.63) is 0 Å². The van der Waals surface area contributed by atoms with E-state index in [1.54, 1.807) is 111 Å². The van der Waals surface area contributed by atoms with Gasteiger partial charge in [-0.15, -0.1) is 0 Å². The fourth-order valence-electron chi connectivity index (χ4n) is 14.0. The van der Waals surface area contributed by atoms with Gasteiger partial charge in [0.05, 0.1) is 106 Å². The number of hydrogen-bond acceptors (Lipinski definition) is 46. The summed E-state index contributed by atoms with van der Waals surface area (Å²) < 4.78 is 179. The van der Waals surface area contributed by atoms with Crippen LogP contribution < -0.4 is 0 Å². The van der Waals surface area contributed by atoms with Crippen molar-refractivity contribution in [2.75, 3.05) is 205 Å². The lowest BCUT2D eigenvalue weighted by atomic mass is 9.88. The summed E-state index contributed by atoms with van der Waals surface area (Å²) in [5, 5.41) is 0. The van der Waals surface area contributed by atoms with E-state index in [2.05, 4.69) is 0 Å². The number of hydrogen-bond donors (Lipinski definition) is 0. The van der Waals surface area contributed by atoms with Gasteiger partial charge >= 0.3 is 89.5 Å². The van der Waals surface area contributed by atoms with Gasteiger partial charge in [0.15, 0.2) is 46.3 Å². The molecule has 8 saturated heterocycles. The number of carbonyl (C=O) groups excluding carboxylic acids is 15. The second kappa shape index (κ2) is 47.0. The Kier molecular flexibility index (Phi) is 39.9. The van der Waals surface area contributed by atoms with E-state index >= 15 is 33.6 Å². The van der Waals surface area contributed by atoms with Gasteiger partial charge in [-0.3, -0.25) is 71.9 Å². The molecule has 8 aliphatic rings. The van der Waals surface area contributed by atoms with E-state index in [1.165, 1.54) is 83.1 Å². The lowest BCUT2D eigenvalue weighted by molar-refractivity contribution is -0.283. The van der Waals surface area contributed by atoms with Crippen molar-refractivity contribution >= 4 is 124 Å². The minimum atomic E-state index is -2.64. The predicted octanol–water partition coefficient (Wildman–Crippen LogP) is 8.86. The molecule has 0 aromatic carbocycles. The SMILES string of the molecule is CC1(C)OCC(C)(C(=O)OCC(C)(COC(=O)C2(C)COC(C)(C)OC2)C(=O)OCC(C)(COC(=O)C(C)(COC(=O)C2(C)COC(C)(C)OC2)COC(=O)C2(C)COC(C)(C)OC2)C(=O)OCC(C)(COC(=O)C(C)(COC(=O)C(C)(COC(=O)C2(C)COC(C)(C)OC2)COC(=O)C2(C)COC(C)(C)OC2)COC(=O)C(C)(COC(=O)C2(C)COC(C)(C)OC2)COC(=O)C2(C)COC(C)(C)OC2)C(=O)OCC(Cl)(Cl)Cl)CO1. The molecule has 46 nitrogen and oxygen atoms in total. The van der Waals surface area contributed by atoms with Crippen LogP contribution in [0.2, 0.25) is 0 Å². The summed E-state index contributed by atoms with van der Waals surface area (Å²) in [7, 11) is 0. The molecular formula is C101H155Cl3O46. The van der Waals surface area contributed by atoms with Crippen LogP contribution in [0.3, 0.4) is 0 Å². The highest BCUT2D eigenvalue weighted by Gasteiger charge is 2.59. The Bertz CT molecular complexity index is 4070. The van der Waals surface area contributed by atoms with E-state index in [1.807, 2.05) is 0 Å². The van der Waals surface area contributed by atoms with E-state index in [0.29, 0.717) is 0 Å². The fourth-order valence-corrected chi connectivity index (χ4v) is 14.1. The maximum Gasteiger partial charge on any atom is 0.318 e. The van der Waals surface area contributed by atoms with E-state index in [-0.39, 0.29) is 106 Å². The molecule has 8 rings (SSSR count). The molecule has 0 aromatic heterocycles. The Hall–Kier alpha value is -7.72. The molecule has 0 saturated carbocycles. The molecule has 0 aromatic rings. The molecule has 0 amide bonds. The van der Waals surface area contributed by atoms with E-state index in [0.717, 1.165) is 20.8 Å². The van der Waals surface area contributed by atoms with Gasteiger partial charge < -0.3 is 147 Å². The van der Waals surface area contributed by atoms with Crippen LogP contribution >= 0.6 is 34.8 Å². The topological polar surface area (TPSA) is 542 Å². The predicted molar refractivity (Wildman–Crippen MR) is 514 cm³/mol. The summed E-state index contributed by atoms with van der Waals surface area (Å²) in [6.45, 7) is 24.9. The Morgan fingerprint density at radius 2 is 0.240 bits per heavy atom. The molecule has 0 N–H and O–H groups in total. The molecule has 150 heavy (non-hydrogen) atoms. The molecule has 8 heterocycles. The van der Waals surface area contributed by atoms with Crippen LogP contribution in [0, 0.1) is 81.2 Å². The zero-order chi connectivity index (χ0) is 114. The molecule has 0 atom stereocenters. The van der Waals surface area contributed by atoms with Crippen LogP contribution in [0.5, 0.6) is 0 Å². The van der Waals surface area contributed by atoms with Gasteiger partial charge in [0.1, 0.15) is 180 Å². The maximum atomic E-state index is 15.9. The first-order valence-corrected chi connectivity index (χ1v) is 50.2. The smallest absolute Gasteiger partial charge is 0.318 e. The van der Waals surface area contributed by atoms with Crippen LogP contribution in [0.4, 0.5) is 0 Å². The monoisotopic (exact) mass is 2210 g/mol. The molecule has 0 spiro atoms. The third kappa shape index (κ3) is 33.7. The summed E-state index contributed by atoms with van der Waals surface area (Å²) in [5.41, 5.74) is -29.1. The van der Waals surface area contributed by atoms with Crippen molar-refractivity contribution in [2.24, 2.45) is 81.2 Å². The number of ether oxygens (including phenoxy) is 31. The van der Waals surface area contributed by atoms with Gasteiger partial charge in [-0.2, -0.15) is 0 Å². The van der Waals surface area contributed by atoms with Crippen molar-refractivity contribution in [1.82, 2.24) is 0 Å². The quantitative estimate of drug-likeness (QED) is 0.0312. The summed E-state index contributed by atoms with van der Waals surface area (Å²) in [5.74, 6) is -27.0. The molecular weight excluding hydrogens is 2060 g/mol. The summed E-state index contributed by atoms with van der Waals surface area (Å²) in [4.78, 5) is 223. The normalized spacial score (nSPS) is 22.6. The van der Waals surface area contributed by atoms with Crippen LogP contribution in [0.1, 0.15) is 215 Å². The number of carbonyl (C=O) groups is 15. The Morgan fingerprint density at radius 1 is 0.160 bits per heavy atom. The molecule has 856 valence electrons. The standard InChI is InChI=1S/C101H155Cl3O46/c1-78(2)135-46-93(24,47-136-78)70(112)126-36-88(19,37-127-71(113)94(25)48-137-79(3,4)138-49-94)65(107)120-32-86(17,33-121-66(108)89(20,38-128-72(114)95(26)50-139-80(5,6)140-51-95)39-129-73(115)96(27)52-141-81(7,8)142-53-96)63(105)124-44-92(23,69(111)134-62-101(102,103)104)45-125-64(106)87(18,34-122-67(109)90(21,40-130-74(116)97(28)54-143-82(9,10)144-55-97)41-131-75(117)98(29)56-145-83(11,12)146-57-98)35-123-68(110)91(22,42-132-76(118)99(30)58-147-84(13,14)148-59-99)43-133-77(119)100(31)60-149-85(15,16)150-61-100/h32-62H2,1-31H3. The van der Waals surface area contributed by atoms with Crippen molar-refractivity contribution < 1.29 is 219 Å². The number of esters is 15. The number of halogens is 3. The van der Waals surface area contributed by atoms with E-state index < -0.39 is 320 Å². The first kappa shape index (κ1) is 127. The molecule has 8 fully saturated rings. The first-order chi connectivity index (χ1) is 68.2. The highest BCUT2D eigenvalue weighted by atomic mass is 35.6. The first-order valence-electron chi connectivity index (χ1n) is 49.1. The zero-order valence-corrected chi connectivity index (χ0v) is 94.6. The lowest BCUT2D eigenvalue weighted by Crippen LogP contribution is -2.52. The molecule has 0 aliphatic carbocycles. The van der Waals surface area contributed by atoms with Gasteiger partial charge in [0.25, 0.3) is 0 Å². The Labute approximate surface area is 889 Å². The van der Waals surface area contributed by atoms with Crippen LogP contribution in [0.25, 0.3) is 0 Å². The summed E-state index contributed by atoms with van der Waals surface area (Å²) in [6.07, 6.45) is 0. The van der Waals surface area contributed by atoms with Gasteiger partial charge in [-0.1, -0.05) is 34.8 Å². The molecule has 0 unspecified atom stereocenters. The average molecular weight is 2210 g/mol. The second-order valence-corrected chi connectivity index (χ2v) is 51.0. The summed E-state index contributed by atoms with van der Waals surface area (Å²) >= 11 is 18.6. The lowest BCUT2D eigenvalue weighted by Gasteiger charge is -2.41. The minimum absolute atomic E-state index is 0.244. The van der Waals surface area contributed by atoms with Gasteiger partial charge in [-0.25, -0.2) is 0 Å². The number of rotatable bonds is 44. The molecule has 0 radical (unpaired) electrons. The zero-order valence-electron chi connectivity index (χ0n) is 92.3.